The molecule has 0 saturated carbocycles. The van der Waals surface area contributed by atoms with Crippen molar-refractivity contribution < 1.29 is 4.79 Å². The zero-order chi connectivity index (χ0) is 9.68. The van der Waals surface area contributed by atoms with Crippen molar-refractivity contribution in [2.24, 2.45) is 0 Å². The number of H-pyrrole nitrogens is 1. The van der Waals surface area contributed by atoms with Crippen LogP contribution < -0.4 is 4.90 Å². The Morgan fingerprint density at radius 1 is 1.69 bits per heavy atom. The first-order chi connectivity index (χ1) is 6.25. The van der Waals surface area contributed by atoms with Gasteiger partial charge in [0.1, 0.15) is 0 Å². The van der Waals surface area contributed by atoms with E-state index in [4.69, 9.17) is 0 Å². The molecule has 0 bridgehead atoms. The quantitative estimate of drug-likeness (QED) is 0.766. The molecule has 4 heteroatoms. The van der Waals surface area contributed by atoms with Gasteiger partial charge in [0.25, 0.3) is 0 Å². The van der Waals surface area contributed by atoms with Gasteiger partial charge in [-0.15, -0.1) is 0 Å². The van der Waals surface area contributed by atoms with Crippen molar-refractivity contribution in [1.82, 2.24) is 9.97 Å². The van der Waals surface area contributed by atoms with E-state index in [9.17, 15) is 4.79 Å². The first-order valence-electron chi connectivity index (χ1n) is 4.53. The molecule has 0 radical (unpaired) electrons. The summed E-state index contributed by atoms with van der Waals surface area (Å²) in [6.45, 7) is 4.39. The summed E-state index contributed by atoms with van der Waals surface area (Å²) in [6, 6.07) is 0. The van der Waals surface area contributed by atoms with E-state index in [2.05, 4.69) is 16.9 Å². The second-order valence-corrected chi connectivity index (χ2v) is 2.94. The van der Waals surface area contributed by atoms with Crippen LogP contribution in [0.4, 0.5) is 5.95 Å². The highest BCUT2D eigenvalue weighted by molar-refractivity contribution is 5.89. The molecule has 4 nitrogen and oxygen atoms in total. The standard InChI is InChI=1S/C9H15N3O/c1-3-4-7-12(8(2)13)9-10-5-6-11-9/h5-6H,3-4,7H2,1-2H3,(H,10,11). The molecule has 1 aromatic heterocycles. The predicted molar refractivity (Wildman–Crippen MR) is 51.5 cm³/mol. The Kier molecular flexibility index (Phi) is 3.49. The van der Waals surface area contributed by atoms with Crippen molar-refractivity contribution in [3.05, 3.63) is 12.4 Å². The fourth-order valence-corrected chi connectivity index (χ4v) is 1.13. The van der Waals surface area contributed by atoms with E-state index in [1.54, 1.807) is 24.2 Å². The van der Waals surface area contributed by atoms with E-state index in [0.717, 1.165) is 19.4 Å². The summed E-state index contributed by atoms with van der Waals surface area (Å²) in [7, 11) is 0. The average Bonchev–Trinajstić information content (AvgIpc) is 2.57. The maximum atomic E-state index is 11.2. The smallest absolute Gasteiger partial charge is 0.226 e. The van der Waals surface area contributed by atoms with Gasteiger partial charge in [0.05, 0.1) is 0 Å². The number of aromatic nitrogens is 2. The lowest BCUT2D eigenvalue weighted by atomic mass is 10.3. The van der Waals surface area contributed by atoms with Gasteiger partial charge in [-0.05, 0) is 6.42 Å². The monoisotopic (exact) mass is 181 g/mol. The van der Waals surface area contributed by atoms with Gasteiger partial charge < -0.3 is 4.98 Å². The molecule has 0 aliphatic rings. The third kappa shape index (κ3) is 2.57. The number of nitrogens with one attached hydrogen (secondary N) is 1. The highest BCUT2D eigenvalue weighted by Gasteiger charge is 2.11. The van der Waals surface area contributed by atoms with Crippen LogP contribution in [0.2, 0.25) is 0 Å². The molecule has 0 fully saturated rings. The minimum atomic E-state index is 0.0309. The van der Waals surface area contributed by atoms with Gasteiger partial charge in [-0.2, -0.15) is 0 Å². The Morgan fingerprint density at radius 3 is 2.92 bits per heavy atom. The first-order valence-corrected chi connectivity index (χ1v) is 4.53. The van der Waals surface area contributed by atoms with Crippen molar-refractivity contribution in [2.45, 2.75) is 26.7 Å². The topological polar surface area (TPSA) is 49.0 Å². The maximum Gasteiger partial charge on any atom is 0.226 e. The summed E-state index contributed by atoms with van der Waals surface area (Å²) in [5, 5.41) is 0. The Labute approximate surface area is 78.0 Å². The van der Waals surface area contributed by atoms with Crippen molar-refractivity contribution >= 4 is 11.9 Å². The highest BCUT2D eigenvalue weighted by atomic mass is 16.2. The van der Waals surface area contributed by atoms with E-state index >= 15 is 0 Å². The molecule has 1 aromatic rings. The van der Waals surface area contributed by atoms with Gasteiger partial charge in [0.2, 0.25) is 11.9 Å². The molecule has 72 valence electrons. The fourth-order valence-electron chi connectivity index (χ4n) is 1.13. The Bertz CT molecular complexity index is 256. The van der Waals surface area contributed by atoms with Crippen LogP contribution in [0.15, 0.2) is 12.4 Å². The van der Waals surface area contributed by atoms with Gasteiger partial charge in [-0.3, -0.25) is 9.69 Å². The van der Waals surface area contributed by atoms with Crippen LogP contribution in [0, 0.1) is 0 Å². The van der Waals surface area contributed by atoms with Crippen molar-refractivity contribution in [3.8, 4) is 0 Å². The van der Waals surface area contributed by atoms with Crippen LogP contribution in [0.3, 0.4) is 0 Å². The number of unbranched alkanes of at least 4 members (excludes halogenated alkanes) is 1. The molecule has 13 heavy (non-hydrogen) atoms. The van der Waals surface area contributed by atoms with Crippen LogP contribution >= 0.6 is 0 Å². The summed E-state index contributed by atoms with van der Waals surface area (Å²) in [4.78, 5) is 19.8. The zero-order valence-electron chi connectivity index (χ0n) is 8.08. The molecular weight excluding hydrogens is 166 g/mol. The molecule has 1 heterocycles. The maximum absolute atomic E-state index is 11.2. The molecule has 0 aromatic carbocycles. The van der Waals surface area contributed by atoms with Gasteiger partial charge in [0.15, 0.2) is 0 Å². The van der Waals surface area contributed by atoms with E-state index in [-0.39, 0.29) is 5.91 Å². The molecule has 0 atom stereocenters. The molecule has 0 unspecified atom stereocenters. The first kappa shape index (κ1) is 9.77. The molecule has 0 spiro atoms. The zero-order valence-corrected chi connectivity index (χ0v) is 8.08. The molecule has 1 rings (SSSR count). The Hall–Kier alpha value is -1.32. The predicted octanol–water partition coefficient (Wildman–Crippen LogP) is 1.56. The lowest BCUT2D eigenvalue weighted by Gasteiger charge is -2.17. The second kappa shape index (κ2) is 4.64. The molecule has 0 saturated heterocycles. The van der Waals surface area contributed by atoms with Gasteiger partial charge in [-0.25, -0.2) is 4.98 Å². The number of rotatable bonds is 4. The van der Waals surface area contributed by atoms with Crippen molar-refractivity contribution in [1.29, 1.82) is 0 Å². The van der Waals surface area contributed by atoms with Crippen LogP contribution in [0.5, 0.6) is 0 Å². The summed E-state index contributed by atoms with van der Waals surface area (Å²) in [5.74, 6) is 0.671. The van der Waals surface area contributed by atoms with Gasteiger partial charge in [-0.1, -0.05) is 13.3 Å². The van der Waals surface area contributed by atoms with E-state index in [1.807, 2.05) is 0 Å². The number of imidazole rings is 1. The largest absolute Gasteiger partial charge is 0.331 e. The summed E-state index contributed by atoms with van der Waals surface area (Å²) in [5.41, 5.74) is 0. The van der Waals surface area contributed by atoms with Crippen LogP contribution in [0.25, 0.3) is 0 Å². The fraction of sp³-hybridized carbons (Fsp3) is 0.556. The van der Waals surface area contributed by atoms with Crippen molar-refractivity contribution in [3.63, 3.8) is 0 Å². The molecule has 1 N–H and O–H groups in total. The lowest BCUT2D eigenvalue weighted by Crippen LogP contribution is -2.30. The summed E-state index contributed by atoms with van der Waals surface area (Å²) in [6.07, 6.45) is 5.44. The molecule has 1 amide bonds. The molecular formula is C9H15N3O. The van der Waals surface area contributed by atoms with Crippen LogP contribution in [-0.4, -0.2) is 22.4 Å². The number of anilines is 1. The number of nitrogens with zero attached hydrogens (tertiary/aromatic N) is 2. The Morgan fingerprint density at radius 2 is 2.46 bits per heavy atom. The van der Waals surface area contributed by atoms with E-state index < -0.39 is 0 Å². The number of amides is 1. The van der Waals surface area contributed by atoms with Crippen molar-refractivity contribution in [2.75, 3.05) is 11.4 Å². The molecule has 0 aliphatic heterocycles. The van der Waals surface area contributed by atoms with E-state index in [0.29, 0.717) is 5.95 Å². The minimum absolute atomic E-state index is 0.0309. The normalized spacial score (nSPS) is 10.0. The highest BCUT2D eigenvalue weighted by Crippen LogP contribution is 2.07. The average molecular weight is 181 g/mol. The van der Waals surface area contributed by atoms with Gasteiger partial charge >= 0.3 is 0 Å². The van der Waals surface area contributed by atoms with Crippen LogP contribution in [-0.2, 0) is 4.79 Å². The molecule has 0 aliphatic carbocycles. The van der Waals surface area contributed by atoms with Crippen LogP contribution in [0.1, 0.15) is 26.7 Å². The number of hydrogen-bond donors (Lipinski definition) is 1. The number of aromatic amines is 1. The third-order valence-electron chi connectivity index (χ3n) is 1.85. The number of carbonyl (C=O) groups excluding carboxylic acids is 1. The summed E-state index contributed by atoms with van der Waals surface area (Å²) >= 11 is 0. The number of carbonyl (C=O) groups is 1. The minimum Gasteiger partial charge on any atom is -0.331 e. The Balaban J connectivity index is 2.63. The lowest BCUT2D eigenvalue weighted by molar-refractivity contribution is -0.116. The summed E-state index contributed by atoms with van der Waals surface area (Å²) < 4.78 is 0. The second-order valence-electron chi connectivity index (χ2n) is 2.94. The number of hydrogen-bond acceptors (Lipinski definition) is 2. The SMILES string of the molecule is CCCCN(C(C)=O)c1ncc[nH]1. The van der Waals surface area contributed by atoms with E-state index in [1.165, 1.54) is 0 Å². The van der Waals surface area contributed by atoms with Gasteiger partial charge in [0, 0.05) is 25.9 Å². The third-order valence-corrected chi connectivity index (χ3v) is 1.85.